The zero-order chi connectivity index (χ0) is 18.4. The van der Waals surface area contributed by atoms with Crippen molar-refractivity contribution in [3.05, 3.63) is 30.5 Å². The molecule has 9 heteroatoms. The molecule has 0 unspecified atom stereocenters. The lowest BCUT2D eigenvalue weighted by atomic mass is 9.94. The van der Waals surface area contributed by atoms with Crippen molar-refractivity contribution >= 4 is 15.8 Å². The van der Waals surface area contributed by atoms with Crippen LogP contribution in [-0.2, 0) is 16.6 Å². The molecule has 140 valence electrons. The first-order valence-electron chi connectivity index (χ1n) is 8.53. The van der Waals surface area contributed by atoms with Crippen molar-refractivity contribution in [2.45, 2.75) is 44.3 Å². The molecule has 6 nitrogen and oxygen atoms in total. The van der Waals surface area contributed by atoms with Gasteiger partial charge in [-0.1, -0.05) is 12.1 Å². The van der Waals surface area contributed by atoms with Gasteiger partial charge in [0, 0.05) is 18.4 Å². The quantitative estimate of drug-likeness (QED) is 0.883. The number of anilines is 1. The number of aryl methyl sites for hydroxylation is 1. The van der Waals surface area contributed by atoms with Crippen molar-refractivity contribution in [1.29, 1.82) is 0 Å². The third-order valence-corrected chi connectivity index (χ3v) is 6.02. The number of ether oxygens (including phenoxy) is 1. The van der Waals surface area contributed by atoms with E-state index in [1.807, 2.05) is 12.1 Å². The Morgan fingerprint density at radius 2 is 1.88 bits per heavy atom. The summed E-state index contributed by atoms with van der Waals surface area (Å²) in [6.45, 7) is 0.318. The number of hydrogen-bond acceptors (Lipinski definition) is 4. The number of sulfonamides is 1. The van der Waals surface area contributed by atoms with E-state index < -0.39 is 15.9 Å². The highest BCUT2D eigenvalue weighted by molar-refractivity contribution is 7.92. The lowest BCUT2D eigenvalue weighted by Gasteiger charge is -2.28. The van der Waals surface area contributed by atoms with Gasteiger partial charge in [0.1, 0.15) is 11.6 Å². The highest BCUT2D eigenvalue weighted by Gasteiger charge is 2.35. The summed E-state index contributed by atoms with van der Waals surface area (Å²) in [4.78, 5) is 0. The first kappa shape index (κ1) is 17.3. The fraction of sp³-hybridized carbons (Fsp3) is 0.471. The van der Waals surface area contributed by atoms with Crippen molar-refractivity contribution < 1.29 is 21.9 Å². The molecule has 1 aromatic carbocycles. The highest BCUT2D eigenvalue weighted by atomic mass is 32.2. The Balaban J connectivity index is 1.48. The Labute approximate surface area is 150 Å². The zero-order valence-electron chi connectivity index (χ0n) is 14.0. The van der Waals surface area contributed by atoms with Crippen LogP contribution >= 0.6 is 0 Å². The molecule has 1 fully saturated rings. The van der Waals surface area contributed by atoms with Gasteiger partial charge in [0.2, 0.25) is 15.9 Å². The van der Waals surface area contributed by atoms with E-state index in [4.69, 9.17) is 4.74 Å². The minimum absolute atomic E-state index is 0.00827. The second kappa shape index (κ2) is 6.22. The Hall–Kier alpha value is -2.16. The third-order valence-electron chi connectivity index (χ3n) is 4.80. The Kier molecular flexibility index (Phi) is 4.13. The standard InChI is InChI=1S/C17H19F2N3O3S/c18-17(19)7-5-14(6-8-17)25-13-3-1-12(2-4-13)15-11-20-22-9-10-26(23,24)21-16(15)22/h1-4,11,14,21H,5-10H2. The van der Waals surface area contributed by atoms with Gasteiger partial charge < -0.3 is 4.74 Å². The summed E-state index contributed by atoms with van der Waals surface area (Å²) in [5.74, 6) is -1.49. The van der Waals surface area contributed by atoms with Crippen LogP contribution < -0.4 is 9.46 Å². The van der Waals surface area contributed by atoms with E-state index in [1.54, 1.807) is 23.0 Å². The maximum absolute atomic E-state index is 13.2. The van der Waals surface area contributed by atoms with E-state index in [0.717, 1.165) is 5.56 Å². The topological polar surface area (TPSA) is 73.2 Å². The van der Waals surface area contributed by atoms with Gasteiger partial charge in [-0.05, 0) is 30.5 Å². The lowest BCUT2D eigenvalue weighted by molar-refractivity contribution is -0.0582. The summed E-state index contributed by atoms with van der Waals surface area (Å²) in [5, 5.41) is 4.22. The summed E-state index contributed by atoms with van der Waals surface area (Å²) in [6, 6.07) is 7.16. The molecule has 1 aliphatic heterocycles. The van der Waals surface area contributed by atoms with Gasteiger partial charge in [0.15, 0.2) is 0 Å². The van der Waals surface area contributed by atoms with Crippen molar-refractivity contribution in [3.63, 3.8) is 0 Å². The smallest absolute Gasteiger partial charge is 0.248 e. The molecule has 0 atom stereocenters. The number of nitrogens with zero attached hydrogens (tertiary/aromatic N) is 2. The number of nitrogens with one attached hydrogen (secondary N) is 1. The van der Waals surface area contributed by atoms with E-state index in [9.17, 15) is 17.2 Å². The van der Waals surface area contributed by atoms with Gasteiger partial charge >= 0.3 is 0 Å². The monoisotopic (exact) mass is 383 g/mol. The number of benzene rings is 1. The minimum Gasteiger partial charge on any atom is -0.490 e. The molecule has 26 heavy (non-hydrogen) atoms. The number of fused-ring (bicyclic) bond motifs is 1. The second-order valence-electron chi connectivity index (χ2n) is 6.75. The van der Waals surface area contributed by atoms with Crippen LogP contribution in [0.1, 0.15) is 25.7 Å². The largest absolute Gasteiger partial charge is 0.490 e. The number of rotatable bonds is 3. The van der Waals surface area contributed by atoms with E-state index in [-0.39, 0.29) is 24.7 Å². The molecule has 0 saturated heterocycles. The number of aromatic nitrogens is 2. The molecule has 2 heterocycles. The van der Waals surface area contributed by atoms with E-state index in [0.29, 0.717) is 36.5 Å². The van der Waals surface area contributed by atoms with E-state index >= 15 is 0 Å². The Morgan fingerprint density at radius 3 is 2.58 bits per heavy atom. The normalized spacial score (nSPS) is 21.6. The molecule has 1 N–H and O–H groups in total. The van der Waals surface area contributed by atoms with E-state index in [2.05, 4.69) is 9.82 Å². The summed E-state index contributed by atoms with van der Waals surface area (Å²) in [6.07, 6.45) is 1.83. The molecule has 1 aromatic heterocycles. The fourth-order valence-electron chi connectivity index (χ4n) is 3.32. The van der Waals surface area contributed by atoms with Crippen LogP contribution in [0.5, 0.6) is 5.75 Å². The Bertz CT molecular complexity index is 900. The van der Waals surface area contributed by atoms with Crippen LogP contribution in [0.4, 0.5) is 14.6 Å². The van der Waals surface area contributed by atoms with Crippen LogP contribution in [0, 0.1) is 0 Å². The number of alkyl halides is 2. The first-order chi connectivity index (χ1) is 12.3. The van der Waals surface area contributed by atoms with Gasteiger partial charge in [0.25, 0.3) is 0 Å². The molecule has 4 rings (SSSR count). The maximum Gasteiger partial charge on any atom is 0.248 e. The van der Waals surface area contributed by atoms with Crippen LogP contribution in [0.2, 0.25) is 0 Å². The summed E-state index contributed by atoms with van der Waals surface area (Å²) < 4.78 is 60.0. The number of halogens is 2. The molecule has 1 aliphatic carbocycles. The lowest BCUT2D eigenvalue weighted by Crippen LogP contribution is -2.30. The summed E-state index contributed by atoms with van der Waals surface area (Å²) >= 11 is 0. The first-order valence-corrected chi connectivity index (χ1v) is 10.2. The van der Waals surface area contributed by atoms with Crippen molar-refractivity contribution in [3.8, 4) is 16.9 Å². The third kappa shape index (κ3) is 3.53. The Morgan fingerprint density at radius 1 is 1.19 bits per heavy atom. The predicted molar refractivity (Wildman–Crippen MR) is 92.9 cm³/mol. The van der Waals surface area contributed by atoms with Gasteiger partial charge in [-0.3, -0.25) is 4.72 Å². The molecule has 0 spiro atoms. The maximum atomic E-state index is 13.2. The average molecular weight is 383 g/mol. The molecular weight excluding hydrogens is 364 g/mol. The molecule has 2 aromatic rings. The fourth-order valence-corrected chi connectivity index (χ4v) is 4.34. The molecule has 0 radical (unpaired) electrons. The molecular formula is C17H19F2N3O3S. The molecule has 2 aliphatic rings. The molecule has 0 amide bonds. The van der Waals surface area contributed by atoms with Gasteiger partial charge in [-0.25, -0.2) is 21.9 Å². The summed E-state index contributed by atoms with van der Waals surface area (Å²) in [5.41, 5.74) is 1.50. The molecule has 0 bridgehead atoms. The average Bonchev–Trinajstić information content (AvgIpc) is 2.99. The van der Waals surface area contributed by atoms with Crippen LogP contribution in [-0.4, -0.2) is 36.0 Å². The summed E-state index contributed by atoms with van der Waals surface area (Å²) in [7, 11) is -3.33. The zero-order valence-corrected chi connectivity index (χ0v) is 14.8. The second-order valence-corrected chi connectivity index (χ2v) is 8.59. The van der Waals surface area contributed by atoms with Crippen LogP contribution in [0.15, 0.2) is 30.5 Å². The van der Waals surface area contributed by atoms with Crippen molar-refractivity contribution in [2.75, 3.05) is 10.5 Å². The van der Waals surface area contributed by atoms with Gasteiger partial charge in [-0.2, -0.15) is 5.10 Å². The van der Waals surface area contributed by atoms with E-state index in [1.165, 1.54) is 0 Å². The highest BCUT2D eigenvalue weighted by Crippen LogP contribution is 2.36. The van der Waals surface area contributed by atoms with Gasteiger partial charge in [0.05, 0.1) is 24.6 Å². The number of hydrogen-bond donors (Lipinski definition) is 1. The SMILES string of the molecule is O=S1(=O)CCn2ncc(-c3ccc(OC4CCC(F)(F)CC4)cc3)c2N1. The molecule has 1 saturated carbocycles. The van der Waals surface area contributed by atoms with Crippen LogP contribution in [0.25, 0.3) is 11.1 Å². The van der Waals surface area contributed by atoms with Crippen molar-refractivity contribution in [1.82, 2.24) is 9.78 Å². The van der Waals surface area contributed by atoms with Gasteiger partial charge in [-0.15, -0.1) is 0 Å². The predicted octanol–water partition coefficient (Wildman–Crippen LogP) is 3.26. The van der Waals surface area contributed by atoms with Crippen molar-refractivity contribution in [2.24, 2.45) is 0 Å². The minimum atomic E-state index is -3.33. The van der Waals surface area contributed by atoms with Crippen LogP contribution in [0.3, 0.4) is 0 Å².